The zero-order valence-corrected chi connectivity index (χ0v) is 18.2. The van der Waals surface area contributed by atoms with E-state index < -0.39 is 0 Å². The van der Waals surface area contributed by atoms with Crippen LogP contribution in [0.15, 0.2) is 12.1 Å². The average Bonchev–Trinajstić information content (AvgIpc) is 3.24. The summed E-state index contributed by atoms with van der Waals surface area (Å²) in [5.41, 5.74) is 2.93. The number of likely N-dealkylation sites (N-methyl/N-ethyl adjacent to an activating group) is 1. The highest BCUT2D eigenvalue weighted by Crippen LogP contribution is 2.32. The van der Waals surface area contributed by atoms with E-state index in [4.69, 9.17) is 0 Å². The van der Waals surface area contributed by atoms with Gasteiger partial charge in [-0.1, -0.05) is 0 Å². The summed E-state index contributed by atoms with van der Waals surface area (Å²) in [5, 5.41) is 21.0. The molecule has 7 nitrogen and oxygen atoms in total. The SMILES string of the molecule is Cc1cc2c(NC(=O)c3sc(C4CCCN(C)C4)nc3C)n[nH]c2cc1C#N.Cl. The number of hydrogen-bond acceptors (Lipinski definition) is 6. The standard InChI is InChI=1S/C20H22N6OS.ClH/c1-11-7-15-16(8-14(11)9-21)24-25-18(15)23-19(27)17-12(2)22-20(28-17)13-5-4-6-26(3)10-13;/h7-8,13H,4-6,10H2,1-3H3,(H2,23,24,25,27);1H. The number of thiazole rings is 1. The summed E-state index contributed by atoms with van der Waals surface area (Å²) in [4.78, 5) is 20.5. The third kappa shape index (κ3) is 4.13. The van der Waals surface area contributed by atoms with E-state index in [9.17, 15) is 10.1 Å². The number of piperidine rings is 1. The number of nitrogens with zero attached hydrogens (tertiary/aromatic N) is 4. The number of rotatable bonds is 3. The smallest absolute Gasteiger partial charge is 0.268 e. The Hall–Kier alpha value is -2.47. The normalized spacial score (nSPS) is 17.0. The van der Waals surface area contributed by atoms with Gasteiger partial charge in [0.2, 0.25) is 0 Å². The lowest BCUT2D eigenvalue weighted by Crippen LogP contribution is -2.30. The first-order chi connectivity index (χ1) is 13.5. The van der Waals surface area contributed by atoms with Gasteiger partial charge in [0.15, 0.2) is 5.82 Å². The molecule has 0 radical (unpaired) electrons. The largest absolute Gasteiger partial charge is 0.306 e. The van der Waals surface area contributed by atoms with Crippen LogP contribution in [-0.2, 0) is 0 Å². The molecule has 1 amide bonds. The Balaban J connectivity index is 0.00000240. The fourth-order valence-electron chi connectivity index (χ4n) is 3.72. The van der Waals surface area contributed by atoms with E-state index in [-0.39, 0.29) is 18.3 Å². The van der Waals surface area contributed by atoms with E-state index in [0.717, 1.165) is 53.1 Å². The summed E-state index contributed by atoms with van der Waals surface area (Å²) >= 11 is 1.48. The van der Waals surface area contributed by atoms with Crippen molar-refractivity contribution in [3.05, 3.63) is 38.8 Å². The number of halogens is 1. The molecule has 1 aliphatic rings. The molecule has 1 unspecified atom stereocenters. The topological polar surface area (TPSA) is 97.7 Å². The maximum absolute atomic E-state index is 12.9. The molecule has 1 fully saturated rings. The van der Waals surface area contributed by atoms with Crippen molar-refractivity contribution in [3.63, 3.8) is 0 Å². The van der Waals surface area contributed by atoms with Gasteiger partial charge in [0.1, 0.15) is 4.88 Å². The summed E-state index contributed by atoms with van der Waals surface area (Å²) in [5.74, 6) is 0.669. The van der Waals surface area contributed by atoms with Gasteiger partial charge in [0.25, 0.3) is 5.91 Å². The summed E-state index contributed by atoms with van der Waals surface area (Å²) in [7, 11) is 2.13. The average molecular weight is 431 g/mol. The predicted molar refractivity (Wildman–Crippen MR) is 117 cm³/mol. The van der Waals surface area contributed by atoms with Gasteiger partial charge < -0.3 is 10.2 Å². The second kappa shape index (κ2) is 8.49. The van der Waals surface area contributed by atoms with E-state index in [1.165, 1.54) is 11.3 Å². The van der Waals surface area contributed by atoms with Gasteiger partial charge in [-0.05, 0) is 58.0 Å². The predicted octanol–water partition coefficient (Wildman–Crippen LogP) is 3.99. The molecular formula is C20H23ClN6OS. The second-order valence-electron chi connectivity index (χ2n) is 7.42. The first kappa shape index (κ1) is 21.2. The summed E-state index contributed by atoms with van der Waals surface area (Å²) in [6.07, 6.45) is 2.27. The fourth-order valence-corrected chi connectivity index (χ4v) is 4.81. The molecule has 152 valence electrons. The number of likely N-dealkylation sites (tertiary alicyclic amines) is 1. The minimum absolute atomic E-state index is 0. The van der Waals surface area contributed by atoms with Crippen LogP contribution in [0.25, 0.3) is 10.9 Å². The van der Waals surface area contributed by atoms with Gasteiger partial charge >= 0.3 is 0 Å². The highest BCUT2D eigenvalue weighted by atomic mass is 35.5. The Morgan fingerprint density at radius 3 is 2.93 bits per heavy atom. The molecule has 3 heterocycles. The molecule has 29 heavy (non-hydrogen) atoms. The van der Waals surface area contributed by atoms with Crippen molar-refractivity contribution < 1.29 is 4.79 Å². The number of aromatic nitrogens is 3. The number of benzene rings is 1. The lowest BCUT2D eigenvalue weighted by Gasteiger charge is -2.28. The van der Waals surface area contributed by atoms with Crippen molar-refractivity contribution in [1.82, 2.24) is 20.1 Å². The summed E-state index contributed by atoms with van der Waals surface area (Å²) in [6, 6.07) is 5.79. The van der Waals surface area contributed by atoms with Crippen molar-refractivity contribution in [3.8, 4) is 6.07 Å². The lowest BCUT2D eigenvalue weighted by molar-refractivity contribution is 0.102. The minimum Gasteiger partial charge on any atom is -0.306 e. The molecular weight excluding hydrogens is 408 g/mol. The van der Waals surface area contributed by atoms with Crippen molar-refractivity contribution in [1.29, 1.82) is 5.26 Å². The Kier molecular flexibility index (Phi) is 6.22. The fraction of sp³-hybridized carbons (Fsp3) is 0.400. The van der Waals surface area contributed by atoms with E-state index in [2.05, 4.69) is 38.5 Å². The number of fused-ring (bicyclic) bond motifs is 1. The van der Waals surface area contributed by atoms with Gasteiger partial charge in [-0.25, -0.2) is 4.98 Å². The number of hydrogen-bond donors (Lipinski definition) is 2. The molecule has 0 bridgehead atoms. The Labute approximate surface area is 179 Å². The number of nitrogens with one attached hydrogen (secondary N) is 2. The number of nitriles is 1. The Morgan fingerprint density at radius 1 is 1.41 bits per heavy atom. The summed E-state index contributed by atoms with van der Waals surface area (Å²) in [6.45, 7) is 5.86. The van der Waals surface area contributed by atoms with E-state index in [1.54, 1.807) is 6.07 Å². The Morgan fingerprint density at radius 2 is 2.21 bits per heavy atom. The van der Waals surface area contributed by atoms with Crippen LogP contribution in [0.2, 0.25) is 0 Å². The Bertz CT molecular complexity index is 1100. The second-order valence-corrected chi connectivity index (χ2v) is 8.45. The van der Waals surface area contributed by atoms with Crippen LogP contribution in [0.1, 0.15) is 50.3 Å². The van der Waals surface area contributed by atoms with Crippen LogP contribution in [0.5, 0.6) is 0 Å². The van der Waals surface area contributed by atoms with Gasteiger partial charge in [-0.2, -0.15) is 10.4 Å². The van der Waals surface area contributed by atoms with Crippen molar-refractivity contribution in [2.45, 2.75) is 32.6 Å². The highest BCUT2D eigenvalue weighted by molar-refractivity contribution is 7.14. The number of anilines is 1. The van der Waals surface area contributed by atoms with Crippen LogP contribution >= 0.6 is 23.7 Å². The van der Waals surface area contributed by atoms with E-state index >= 15 is 0 Å². The molecule has 1 aliphatic heterocycles. The highest BCUT2D eigenvalue weighted by Gasteiger charge is 2.25. The van der Waals surface area contributed by atoms with Gasteiger partial charge in [0, 0.05) is 17.8 Å². The number of carbonyl (C=O) groups is 1. The van der Waals surface area contributed by atoms with E-state index in [0.29, 0.717) is 22.2 Å². The first-order valence-electron chi connectivity index (χ1n) is 9.32. The molecule has 1 atom stereocenters. The molecule has 2 N–H and O–H groups in total. The molecule has 2 aromatic heterocycles. The first-order valence-corrected chi connectivity index (χ1v) is 10.1. The van der Waals surface area contributed by atoms with E-state index in [1.807, 2.05) is 19.9 Å². The number of amides is 1. The molecule has 0 spiro atoms. The molecule has 9 heteroatoms. The van der Waals surface area contributed by atoms with Crippen LogP contribution in [0.3, 0.4) is 0 Å². The molecule has 3 aromatic rings. The quantitative estimate of drug-likeness (QED) is 0.654. The molecule has 1 aromatic carbocycles. The van der Waals surface area contributed by atoms with Gasteiger partial charge in [-0.3, -0.25) is 9.89 Å². The molecule has 0 saturated carbocycles. The number of carbonyl (C=O) groups excluding carboxylic acids is 1. The molecule has 1 saturated heterocycles. The molecule has 4 rings (SSSR count). The van der Waals surface area contributed by atoms with Gasteiger partial charge in [-0.15, -0.1) is 23.7 Å². The van der Waals surface area contributed by atoms with Crippen LogP contribution in [0, 0.1) is 25.2 Å². The minimum atomic E-state index is -0.194. The zero-order chi connectivity index (χ0) is 19.8. The maximum Gasteiger partial charge on any atom is 0.268 e. The zero-order valence-electron chi connectivity index (χ0n) is 16.6. The monoisotopic (exact) mass is 430 g/mol. The summed E-state index contributed by atoms with van der Waals surface area (Å²) < 4.78 is 0. The number of aryl methyl sites for hydroxylation is 2. The lowest BCUT2D eigenvalue weighted by atomic mass is 9.99. The van der Waals surface area contributed by atoms with Crippen LogP contribution in [0.4, 0.5) is 5.82 Å². The van der Waals surface area contributed by atoms with Crippen LogP contribution in [-0.4, -0.2) is 46.1 Å². The van der Waals surface area contributed by atoms with Crippen molar-refractivity contribution in [2.75, 3.05) is 25.5 Å². The third-order valence-electron chi connectivity index (χ3n) is 5.25. The van der Waals surface area contributed by atoms with Gasteiger partial charge in [0.05, 0.1) is 27.9 Å². The third-order valence-corrected chi connectivity index (χ3v) is 6.57. The maximum atomic E-state index is 12.9. The van der Waals surface area contributed by atoms with Crippen LogP contribution < -0.4 is 5.32 Å². The number of H-pyrrole nitrogens is 1. The molecule has 0 aliphatic carbocycles. The van der Waals surface area contributed by atoms with Crippen molar-refractivity contribution in [2.24, 2.45) is 0 Å². The van der Waals surface area contributed by atoms with Crippen molar-refractivity contribution >= 4 is 46.4 Å². The number of aromatic amines is 1.